The van der Waals surface area contributed by atoms with Gasteiger partial charge in [-0.15, -0.1) is 0 Å². The van der Waals surface area contributed by atoms with Gasteiger partial charge in [0.05, 0.1) is 0 Å². The lowest BCUT2D eigenvalue weighted by Crippen LogP contribution is -2.15. The van der Waals surface area contributed by atoms with Crippen molar-refractivity contribution in [2.24, 2.45) is 7.05 Å². The van der Waals surface area contributed by atoms with Crippen molar-refractivity contribution in [3.63, 3.8) is 0 Å². The fourth-order valence-corrected chi connectivity index (χ4v) is 2.23. The summed E-state index contributed by atoms with van der Waals surface area (Å²) in [7, 11) is 2.16. The van der Waals surface area contributed by atoms with E-state index in [2.05, 4.69) is 63.6 Å². The van der Waals surface area contributed by atoms with Crippen LogP contribution in [0.2, 0.25) is 0 Å². The third kappa shape index (κ3) is 1.56. The normalized spacial score (nSPS) is 12.3. The molecule has 0 saturated heterocycles. The van der Waals surface area contributed by atoms with E-state index >= 15 is 0 Å². The summed E-state index contributed by atoms with van der Waals surface area (Å²) in [6.07, 6.45) is 0. The molecule has 2 rings (SSSR count). The first-order valence-electron chi connectivity index (χ1n) is 5.47. The Morgan fingerprint density at radius 1 is 1.13 bits per heavy atom. The summed E-state index contributed by atoms with van der Waals surface area (Å²) in [6.45, 7) is 8.96. The van der Waals surface area contributed by atoms with Crippen LogP contribution in [-0.2, 0) is 12.5 Å². The molecular formula is C14H19N. The third-order valence-corrected chi connectivity index (χ3v) is 3.07. The molecule has 0 fully saturated rings. The molecule has 1 heteroatoms. The monoisotopic (exact) mass is 201 g/mol. The van der Waals surface area contributed by atoms with Crippen molar-refractivity contribution in [2.45, 2.75) is 33.1 Å². The van der Waals surface area contributed by atoms with Crippen LogP contribution in [0.25, 0.3) is 10.9 Å². The second-order valence-electron chi connectivity index (χ2n) is 5.35. The van der Waals surface area contributed by atoms with Gasteiger partial charge in [0.15, 0.2) is 0 Å². The van der Waals surface area contributed by atoms with Crippen LogP contribution >= 0.6 is 0 Å². The molecule has 0 bridgehead atoms. The molecule has 15 heavy (non-hydrogen) atoms. The summed E-state index contributed by atoms with van der Waals surface area (Å²) >= 11 is 0. The average Bonchev–Trinajstić information content (AvgIpc) is 2.45. The lowest BCUT2D eigenvalue weighted by Gasteiger charge is -2.19. The molecule has 1 aromatic carbocycles. The standard InChI is InChI=1S/C14H19N/c1-10-7-6-8-12-11(10)9-13(15(12)5)14(2,3)4/h6-9H,1-5H3. The van der Waals surface area contributed by atoms with Gasteiger partial charge in [-0.05, 0) is 24.6 Å². The van der Waals surface area contributed by atoms with Gasteiger partial charge in [-0.1, -0.05) is 32.9 Å². The van der Waals surface area contributed by atoms with Crippen molar-refractivity contribution in [3.8, 4) is 0 Å². The molecule has 0 aliphatic carbocycles. The van der Waals surface area contributed by atoms with Gasteiger partial charge in [0, 0.05) is 29.1 Å². The average molecular weight is 201 g/mol. The predicted octanol–water partition coefficient (Wildman–Crippen LogP) is 3.78. The second-order valence-corrected chi connectivity index (χ2v) is 5.35. The molecule has 0 aliphatic heterocycles. The molecule has 0 amide bonds. The van der Waals surface area contributed by atoms with Crippen molar-refractivity contribution >= 4 is 10.9 Å². The van der Waals surface area contributed by atoms with E-state index in [-0.39, 0.29) is 5.41 Å². The summed E-state index contributed by atoms with van der Waals surface area (Å²) in [6, 6.07) is 8.82. The van der Waals surface area contributed by atoms with Crippen molar-refractivity contribution < 1.29 is 0 Å². The molecule has 0 radical (unpaired) electrons. The molecular weight excluding hydrogens is 182 g/mol. The number of rotatable bonds is 0. The zero-order valence-electron chi connectivity index (χ0n) is 10.3. The number of hydrogen-bond acceptors (Lipinski definition) is 0. The maximum absolute atomic E-state index is 2.32. The Labute approximate surface area is 91.7 Å². The van der Waals surface area contributed by atoms with E-state index in [0.717, 1.165) is 0 Å². The van der Waals surface area contributed by atoms with Gasteiger partial charge in [0.1, 0.15) is 0 Å². The van der Waals surface area contributed by atoms with Crippen molar-refractivity contribution in [1.82, 2.24) is 4.57 Å². The molecule has 0 aliphatic rings. The molecule has 1 heterocycles. The number of aromatic nitrogens is 1. The summed E-state index contributed by atoms with van der Waals surface area (Å²) in [5.41, 5.74) is 4.30. The van der Waals surface area contributed by atoms with Crippen LogP contribution in [0.4, 0.5) is 0 Å². The molecule has 1 aromatic heterocycles. The number of fused-ring (bicyclic) bond motifs is 1. The molecule has 0 spiro atoms. The number of aryl methyl sites for hydroxylation is 2. The lowest BCUT2D eigenvalue weighted by molar-refractivity contribution is 0.547. The largest absolute Gasteiger partial charge is 0.347 e. The van der Waals surface area contributed by atoms with Crippen molar-refractivity contribution in [3.05, 3.63) is 35.5 Å². The SMILES string of the molecule is Cc1cccc2c1cc(C(C)(C)C)n2C. The zero-order chi connectivity index (χ0) is 11.2. The smallest absolute Gasteiger partial charge is 0.0482 e. The molecule has 1 nitrogen and oxygen atoms in total. The van der Waals surface area contributed by atoms with Gasteiger partial charge < -0.3 is 4.57 Å². The second kappa shape index (κ2) is 3.13. The van der Waals surface area contributed by atoms with Gasteiger partial charge in [0.25, 0.3) is 0 Å². The Kier molecular flexibility index (Phi) is 2.14. The van der Waals surface area contributed by atoms with E-state index < -0.39 is 0 Å². The Balaban J connectivity index is 2.81. The molecule has 0 saturated carbocycles. The maximum atomic E-state index is 2.32. The lowest BCUT2D eigenvalue weighted by atomic mass is 9.92. The Morgan fingerprint density at radius 3 is 2.33 bits per heavy atom. The van der Waals surface area contributed by atoms with Gasteiger partial charge in [0.2, 0.25) is 0 Å². The molecule has 0 unspecified atom stereocenters. The first-order valence-corrected chi connectivity index (χ1v) is 5.47. The third-order valence-electron chi connectivity index (χ3n) is 3.07. The molecule has 0 N–H and O–H groups in total. The number of benzene rings is 1. The van der Waals surface area contributed by atoms with Gasteiger partial charge in [-0.3, -0.25) is 0 Å². The highest BCUT2D eigenvalue weighted by atomic mass is 15.0. The first kappa shape index (κ1) is 10.3. The van der Waals surface area contributed by atoms with Gasteiger partial charge in [-0.2, -0.15) is 0 Å². The van der Waals surface area contributed by atoms with Crippen LogP contribution in [0.3, 0.4) is 0 Å². The summed E-state index contributed by atoms with van der Waals surface area (Å²) in [5.74, 6) is 0. The molecule has 2 aromatic rings. The predicted molar refractivity (Wildman–Crippen MR) is 66.4 cm³/mol. The minimum absolute atomic E-state index is 0.209. The fourth-order valence-electron chi connectivity index (χ4n) is 2.23. The summed E-state index contributed by atoms with van der Waals surface area (Å²) < 4.78 is 2.31. The van der Waals surface area contributed by atoms with Crippen LogP contribution in [0, 0.1) is 6.92 Å². The Morgan fingerprint density at radius 2 is 1.80 bits per heavy atom. The summed E-state index contributed by atoms with van der Waals surface area (Å²) in [4.78, 5) is 0. The minimum Gasteiger partial charge on any atom is -0.347 e. The quantitative estimate of drug-likeness (QED) is 0.611. The fraction of sp³-hybridized carbons (Fsp3) is 0.429. The van der Waals surface area contributed by atoms with E-state index in [1.54, 1.807) is 0 Å². The van der Waals surface area contributed by atoms with Crippen LogP contribution < -0.4 is 0 Å². The van der Waals surface area contributed by atoms with Crippen LogP contribution in [0.5, 0.6) is 0 Å². The van der Waals surface area contributed by atoms with Crippen LogP contribution in [0.15, 0.2) is 24.3 Å². The van der Waals surface area contributed by atoms with Gasteiger partial charge >= 0.3 is 0 Å². The summed E-state index contributed by atoms with van der Waals surface area (Å²) in [5, 5.41) is 1.38. The molecule has 0 atom stereocenters. The zero-order valence-corrected chi connectivity index (χ0v) is 10.3. The van der Waals surface area contributed by atoms with E-state index in [1.165, 1.54) is 22.2 Å². The maximum Gasteiger partial charge on any atom is 0.0482 e. The highest BCUT2D eigenvalue weighted by Gasteiger charge is 2.19. The van der Waals surface area contributed by atoms with Crippen LogP contribution in [0.1, 0.15) is 32.0 Å². The van der Waals surface area contributed by atoms with Crippen molar-refractivity contribution in [2.75, 3.05) is 0 Å². The highest BCUT2D eigenvalue weighted by Crippen LogP contribution is 2.29. The first-order chi connectivity index (χ1) is 6.91. The van der Waals surface area contributed by atoms with E-state index in [1.807, 2.05) is 0 Å². The Hall–Kier alpha value is -1.24. The molecule has 80 valence electrons. The van der Waals surface area contributed by atoms with E-state index in [0.29, 0.717) is 0 Å². The van der Waals surface area contributed by atoms with Crippen LogP contribution in [-0.4, -0.2) is 4.57 Å². The highest BCUT2D eigenvalue weighted by molar-refractivity contribution is 5.84. The van der Waals surface area contributed by atoms with E-state index in [4.69, 9.17) is 0 Å². The minimum atomic E-state index is 0.209. The Bertz CT molecular complexity index is 498. The number of nitrogens with zero attached hydrogens (tertiary/aromatic N) is 1. The van der Waals surface area contributed by atoms with Crippen molar-refractivity contribution in [1.29, 1.82) is 0 Å². The number of hydrogen-bond donors (Lipinski definition) is 0. The topological polar surface area (TPSA) is 4.93 Å². The van der Waals surface area contributed by atoms with E-state index in [9.17, 15) is 0 Å². The van der Waals surface area contributed by atoms with Gasteiger partial charge in [-0.25, -0.2) is 0 Å².